The Kier molecular flexibility index (Phi) is 8.60. The van der Waals surface area contributed by atoms with Gasteiger partial charge in [0.25, 0.3) is 5.91 Å². The summed E-state index contributed by atoms with van der Waals surface area (Å²) in [6, 6.07) is 4.89. The number of anilines is 4. The summed E-state index contributed by atoms with van der Waals surface area (Å²) in [5.41, 5.74) is 0.407. The van der Waals surface area contributed by atoms with Gasteiger partial charge >= 0.3 is 0 Å². The molecule has 2 unspecified atom stereocenters. The number of hydrogen-bond donors (Lipinski definition) is 4. The summed E-state index contributed by atoms with van der Waals surface area (Å²) in [4.78, 5) is 39.5. The van der Waals surface area contributed by atoms with E-state index in [0.717, 1.165) is 31.5 Å². The quantitative estimate of drug-likeness (QED) is 0.360. The van der Waals surface area contributed by atoms with Gasteiger partial charge in [-0.15, -0.1) is 0 Å². The molecule has 1 aromatic carbocycles. The summed E-state index contributed by atoms with van der Waals surface area (Å²) in [5.74, 6) is 1.08. The number of rotatable bonds is 9. The molecule has 3 atom stereocenters. The fourth-order valence-corrected chi connectivity index (χ4v) is 6.37. The molecule has 2 fully saturated rings. The lowest BCUT2D eigenvalue weighted by Crippen LogP contribution is -2.62. The first-order valence-electron chi connectivity index (χ1n) is 14.5. The molecule has 0 spiro atoms. The summed E-state index contributed by atoms with van der Waals surface area (Å²) >= 11 is 0. The van der Waals surface area contributed by atoms with Crippen molar-refractivity contribution in [2.45, 2.75) is 75.7 Å². The first-order chi connectivity index (χ1) is 19.8. The summed E-state index contributed by atoms with van der Waals surface area (Å²) < 4.78 is 20.5. The lowest BCUT2D eigenvalue weighted by atomic mass is 9.83. The minimum Gasteiger partial charge on any atom is -0.495 e. The largest absolute Gasteiger partial charge is 0.495 e. The van der Waals surface area contributed by atoms with Gasteiger partial charge in [0.05, 0.1) is 24.5 Å². The van der Waals surface area contributed by atoms with Crippen LogP contribution in [0.1, 0.15) is 62.2 Å². The zero-order chi connectivity index (χ0) is 29.1. The number of alkyl halides is 1. The van der Waals surface area contributed by atoms with Crippen molar-refractivity contribution in [1.82, 2.24) is 20.6 Å². The molecule has 4 N–H and O–H groups in total. The highest BCUT2D eigenvalue weighted by Gasteiger charge is 2.43. The number of ether oxygens (including phenoxy) is 1. The third-order valence-corrected chi connectivity index (χ3v) is 8.71. The minimum atomic E-state index is -1.32. The molecule has 41 heavy (non-hydrogen) atoms. The molecule has 11 nitrogen and oxygen atoms in total. The maximum atomic E-state index is 14.9. The third kappa shape index (κ3) is 5.54. The molecule has 12 heteroatoms. The van der Waals surface area contributed by atoms with E-state index in [1.165, 1.54) is 7.11 Å². The number of carbonyl (C=O) groups excluding carboxylic acids is 2. The van der Waals surface area contributed by atoms with Crippen LogP contribution in [0.25, 0.3) is 0 Å². The van der Waals surface area contributed by atoms with E-state index < -0.39 is 17.6 Å². The highest BCUT2D eigenvalue weighted by molar-refractivity contribution is 6.04. The molecule has 0 radical (unpaired) electrons. The van der Waals surface area contributed by atoms with Gasteiger partial charge in [-0.3, -0.25) is 9.59 Å². The topological polar surface area (TPSA) is 132 Å². The second-order valence-electron chi connectivity index (χ2n) is 11.1. The molecular weight excluding hydrogens is 529 g/mol. The number of aliphatic hydroxyl groups is 1. The first-order valence-corrected chi connectivity index (χ1v) is 14.5. The van der Waals surface area contributed by atoms with Crippen LogP contribution in [0, 0.1) is 0 Å². The number of piperidine rings is 1. The zero-order valence-electron chi connectivity index (χ0n) is 24.0. The van der Waals surface area contributed by atoms with Gasteiger partial charge in [0.15, 0.2) is 5.82 Å². The molecule has 2 amide bonds. The number of amides is 2. The van der Waals surface area contributed by atoms with Gasteiger partial charge in [-0.25, -0.2) is 9.37 Å². The van der Waals surface area contributed by atoms with Gasteiger partial charge in [0, 0.05) is 31.8 Å². The Labute approximate surface area is 239 Å². The number of benzene rings is 1. The van der Waals surface area contributed by atoms with E-state index >= 15 is 0 Å². The number of nitrogens with one attached hydrogen (secondary N) is 3. The molecular formula is C29H40FN7O4. The van der Waals surface area contributed by atoms with Gasteiger partial charge in [-0.2, -0.15) is 4.98 Å². The van der Waals surface area contributed by atoms with E-state index in [9.17, 15) is 19.1 Å². The third-order valence-electron chi connectivity index (χ3n) is 8.71. The fraction of sp³-hybridized carbons (Fsp3) is 0.586. The predicted molar refractivity (Wildman–Crippen MR) is 155 cm³/mol. The van der Waals surface area contributed by atoms with Crippen LogP contribution in [-0.4, -0.2) is 84.5 Å². The Morgan fingerprint density at radius 1 is 1.32 bits per heavy atom. The number of aromatic nitrogens is 2. The van der Waals surface area contributed by atoms with E-state index in [1.807, 2.05) is 6.92 Å². The Hall–Kier alpha value is -3.51. The molecule has 3 aliphatic rings. The van der Waals surface area contributed by atoms with Crippen molar-refractivity contribution in [3.63, 3.8) is 0 Å². The van der Waals surface area contributed by atoms with Gasteiger partial charge in [-0.1, -0.05) is 19.8 Å². The van der Waals surface area contributed by atoms with Crippen LogP contribution < -0.4 is 30.5 Å². The van der Waals surface area contributed by atoms with Crippen molar-refractivity contribution in [2.24, 2.45) is 0 Å². The Morgan fingerprint density at radius 3 is 2.78 bits per heavy atom. The molecule has 3 heterocycles. The van der Waals surface area contributed by atoms with E-state index in [4.69, 9.17) is 9.72 Å². The standard InChI is InChI=1S/C29H40FN7O4/c1-4-21-27(40)36(2)22-16-32-28(34-25(22)37(21)19-7-5-6-8-19)33-20-10-9-18(15-23(20)41-3)26(39)35-29(12-14-38)11-13-31-17-24(29)30/h9-10,15-16,19,21,24,31,38H,4-8,11-14,17H2,1-3H3,(H,35,39)(H,32,33,34)/t21-,24?,29?/m1/s1. The van der Waals surface area contributed by atoms with Crippen LogP contribution in [0.5, 0.6) is 5.75 Å². The summed E-state index contributed by atoms with van der Waals surface area (Å²) in [6.07, 6.45) is 5.85. The van der Waals surface area contributed by atoms with Crippen LogP contribution in [0.4, 0.5) is 27.5 Å². The van der Waals surface area contributed by atoms with Crippen LogP contribution >= 0.6 is 0 Å². The van der Waals surface area contributed by atoms with Crippen molar-refractivity contribution in [3.8, 4) is 5.75 Å². The fourth-order valence-electron chi connectivity index (χ4n) is 6.37. The van der Waals surface area contributed by atoms with Crippen molar-refractivity contribution < 1.29 is 23.8 Å². The molecule has 1 aromatic heterocycles. The Balaban J connectivity index is 1.40. The van der Waals surface area contributed by atoms with E-state index in [2.05, 4.69) is 25.8 Å². The number of aliphatic hydroxyl groups excluding tert-OH is 1. The maximum absolute atomic E-state index is 14.9. The number of methoxy groups -OCH3 is 1. The molecule has 2 aliphatic heterocycles. The number of halogens is 1. The van der Waals surface area contributed by atoms with E-state index in [-0.39, 0.29) is 37.6 Å². The van der Waals surface area contributed by atoms with Gasteiger partial charge < -0.3 is 35.6 Å². The number of carbonyl (C=O) groups is 2. The molecule has 0 bridgehead atoms. The summed E-state index contributed by atoms with van der Waals surface area (Å²) in [5, 5.41) is 18.6. The normalized spacial score (nSPS) is 24.8. The smallest absolute Gasteiger partial charge is 0.251 e. The van der Waals surface area contributed by atoms with Crippen LogP contribution in [-0.2, 0) is 4.79 Å². The second kappa shape index (κ2) is 12.2. The Morgan fingerprint density at radius 2 is 2.10 bits per heavy atom. The molecule has 1 saturated carbocycles. The Bertz CT molecular complexity index is 1270. The highest BCUT2D eigenvalue weighted by Crippen LogP contribution is 2.40. The first kappa shape index (κ1) is 29.0. The number of fused-ring (bicyclic) bond motifs is 1. The molecule has 2 aromatic rings. The van der Waals surface area contributed by atoms with Crippen molar-refractivity contribution in [2.75, 3.05) is 49.0 Å². The second-order valence-corrected chi connectivity index (χ2v) is 11.1. The van der Waals surface area contributed by atoms with Gasteiger partial charge in [0.2, 0.25) is 11.9 Å². The predicted octanol–water partition coefficient (Wildman–Crippen LogP) is 2.92. The maximum Gasteiger partial charge on any atom is 0.251 e. The van der Waals surface area contributed by atoms with E-state index in [1.54, 1.807) is 36.3 Å². The van der Waals surface area contributed by atoms with Crippen LogP contribution in [0.15, 0.2) is 24.4 Å². The van der Waals surface area contributed by atoms with Gasteiger partial charge in [-0.05, 0) is 56.8 Å². The molecule has 1 saturated heterocycles. The SMILES string of the molecule is CC[C@@H]1C(=O)N(C)c2cnc(Nc3ccc(C(=O)NC4(CCO)CCNCC4F)cc3OC)nc2N1C1CCCC1. The molecule has 5 rings (SSSR count). The number of nitrogens with zero attached hydrogens (tertiary/aromatic N) is 4. The monoisotopic (exact) mass is 569 g/mol. The van der Waals surface area contributed by atoms with E-state index in [0.29, 0.717) is 48.0 Å². The average molecular weight is 570 g/mol. The summed E-state index contributed by atoms with van der Waals surface area (Å²) in [6.45, 7) is 2.47. The number of hydrogen-bond acceptors (Lipinski definition) is 9. The van der Waals surface area contributed by atoms with Crippen molar-refractivity contribution >= 4 is 35.0 Å². The molecule has 222 valence electrons. The summed E-state index contributed by atoms with van der Waals surface area (Å²) in [7, 11) is 3.26. The number of likely N-dealkylation sites (N-methyl/N-ethyl adjacent to an activating group) is 1. The van der Waals surface area contributed by atoms with Crippen molar-refractivity contribution in [1.29, 1.82) is 0 Å². The minimum absolute atomic E-state index is 0.0519. The molecule has 1 aliphatic carbocycles. The lowest BCUT2D eigenvalue weighted by molar-refractivity contribution is -0.120. The highest BCUT2D eigenvalue weighted by atomic mass is 19.1. The zero-order valence-corrected chi connectivity index (χ0v) is 24.0. The average Bonchev–Trinajstić information content (AvgIpc) is 3.51. The van der Waals surface area contributed by atoms with Crippen molar-refractivity contribution in [3.05, 3.63) is 30.0 Å². The van der Waals surface area contributed by atoms with Crippen LogP contribution in [0.3, 0.4) is 0 Å². The lowest BCUT2D eigenvalue weighted by Gasteiger charge is -2.43. The van der Waals surface area contributed by atoms with Crippen LogP contribution in [0.2, 0.25) is 0 Å². The van der Waals surface area contributed by atoms with Gasteiger partial charge in [0.1, 0.15) is 23.7 Å².